The highest BCUT2D eigenvalue weighted by molar-refractivity contribution is 7.94. The molecule has 7 rings (SSSR count). The molecule has 0 radical (unpaired) electrons. The maximum Gasteiger partial charge on any atom is 0.389 e. The van der Waals surface area contributed by atoms with Gasteiger partial charge in [-0.1, -0.05) is 50.2 Å². The van der Waals surface area contributed by atoms with E-state index >= 15 is 0 Å². The molecule has 3 saturated heterocycles. The Morgan fingerprint density at radius 2 is 1.07 bits per heavy atom. The molecule has 3 aliphatic rings. The predicted octanol–water partition coefficient (Wildman–Crippen LogP) is 9.45. The quantitative estimate of drug-likeness (QED) is 0.0484. The first-order valence-electron chi connectivity index (χ1n) is 24.8. The molecule has 0 aliphatic carbocycles. The van der Waals surface area contributed by atoms with Gasteiger partial charge in [-0.25, -0.2) is 32.6 Å². The molecule has 0 saturated carbocycles. The van der Waals surface area contributed by atoms with Gasteiger partial charge in [0.2, 0.25) is 0 Å². The lowest BCUT2D eigenvalue weighted by Gasteiger charge is -2.39. The number of aromatic nitrogens is 2. The van der Waals surface area contributed by atoms with Crippen LogP contribution in [0.15, 0.2) is 95.0 Å². The second-order valence-corrected chi connectivity index (χ2v) is 23.3. The van der Waals surface area contributed by atoms with Gasteiger partial charge in [0, 0.05) is 75.6 Å². The van der Waals surface area contributed by atoms with Crippen molar-refractivity contribution in [3.05, 3.63) is 96.3 Å². The first-order chi connectivity index (χ1) is 35.1. The number of likely N-dealkylation sites (tertiary alicyclic amines) is 2. The first kappa shape index (κ1) is 64.1. The fraction of sp³-hybridized carbons (Fsp3) is 0.529. The van der Waals surface area contributed by atoms with Crippen molar-refractivity contribution < 1.29 is 67.5 Å². The van der Waals surface area contributed by atoms with Crippen LogP contribution in [-0.2, 0) is 51.7 Å². The van der Waals surface area contributed by atoms with Gasteiger partial charge in [0.05, 0.1) is 21.2 Å². The number of carbonyl (C=O) groups excluding carboxylic acids is 2. The van der Waals surface area contributed by atoms with Gasteiger partial charge >= 0.3 is 12.4 Å². The van der Waals surface area contributed by atoms with E-state index in [4.69, 9.17) is 9.57 Å². The Hall–Kier alpha value is -4.46. The normalized spacial score (nSPS) is 18.2. The summed E-state index contributed by atoms with van der Waals surface area (Å²) < 4.78 is 131. The molecule has 1 atom stereocenters. The summed E-state index contributed by atoms with van der Waals surface area (Å²) in [6, 6.07) is 18.9. The highest BCUT2D eigenvalue weighted by Crippen LogP contribution is 2.39. The molecule has 0 bridgehead atoms. The van der Waals surface area contributed by atoms with Crippen LogP contribution in [0, 0.1) is 0 Å². The summed E-state index contributed by atoms with van der Waals surface area (Å²) in [6.07, 6.45) is -4.30. The van der Waals surface area contributed by atoms with Crippen molar-refractivity contribution in [1.29, 1.82) is 0 Å². The summed E-state index contributed by atoms with van der Waals surface area (Å²) in [5.41, 5.74) is 7.71. The Labute approximate surface area is 452 Å². The Balaban J connectivity index is 0.000000324. The second kappa shape index (κ2) is 27.9. The standard InChI is InChI=1S/C28H36F3N3O5S.C23H28F3N3O4S.2ClH/c1-2-34-17-15-27(16-18-34,26(35)33-39-25-7-3-4-19-38-25)40(36,37)23-11-9-22(10-12-23)24-13-8-21(20-32-24)6-5-14-28(29,30)31;1-2-29-14-12-22(13-15-29,21(30)28-31)34(32,33)19-8-6-18(7-9-19)20-10-5-17(16-27-20)4-3-11-23(24,25)26;;/h8-13,20,25H,2-7,14-19H2,1H3,(H,33,35);5-10,16,31H,2-4,11-15H2,1H3,(H,28,30);2*1H. The van der Waals surface area contributed by atoms with Gasteiger partial charge in [0.1, 0.15) is 0 Å². The molecule has 4 aromatic rings. The third-order valence-corrected chi connectivity index (χ3v) is 19.1. The number of amides is 2. The van der Waals surface area contributed by atoms with Crippen molar-refractivity contribution in [2.45, 2.75) is 135 Å². The number of halogens is 8. The van der Waals surface area contributed by atoms with Crippen LogP contribution in [0.3, 0.4) is 0 Å². The lowest BCUT2D eigenvalue weighted by molar-refractivity contribution is -0.202. The number of nitrogens with zero attached hydrogens (tertiary/aromatic N) is 4. The van der Waals surface area contributed by atoms with Crippen LogP contribution in [0.4, 0.5) is 26.3 Å². The molecular formula is C51H66Cl2F6N6O9S2. The number of hydroxylamine groups is 2. The molecule has 76 heavy (non-hydrogen) atoms. The van der Waals surface area contributed by atoms with Crippen molar-refractivity contribution in [2.24, 2.45) is 0 Å². The average Bonchev–Trinajstić information content (AvgIpc) is 3.40. The van der Waals surface area contributed by atoms with Crippen molar-refractivity contribution in [1.82, 2.24) is 30.7 Å². The monoisotopic (exact) mass is 1150 g/mol. The lowest BCUT2D eigenvalue weighted by Crippen LogP contribution is -2.58. The third kappa shape index (κ3) is 16.1. The number of carbonyl (C=O) groups is 2. The van der Waals surface area contributed by atoms with Gasteiger partial charge < -0.3 is 14.5 Å². The Kier molecular flexibility index (Phi) is 23.5. The number of pyridine rings is 2. The van der Waals surface area contributed by atoms with Crippen molar-refractivity contribution in [2.75, 3.05) is 45.9 Å². The number of hydrogen-bond donors (Lipinski definition) is 3. The van der Waals surface area contributed by atoms with E-state index in [9.17, 15) is 58.0 Å². The van der Waals surface area contributed by atoms with Crippen LogP contribution in [0.5, 0.6) is 0 Å². The zero-order valence-corrected chi connectivity index (χ0v) is 45.5. The zero-order chi connectivity index (χ0) is 53.8. The number of ether oxygens (including phenoxy) is 1. The minimum atomic E-state index is -4.18. The Morgan fingerprint density at radius 3 is 1.39 bits per heavy atom. The fourth-order valence-corrected chi connectivity index (χ4v) is 13.3. The largest absolute Gasteiger partial charge is 0.389 e. The van der Waals surface area contributed by atoms with Crippen molar-refractivity contribution in [3.63, 3.8) is 0 Å². The second-order valence-electron chi connectivity index (χ2n) is 18.7. The van der Waals surface area contributed by atoms with Crippen LogP contribution < -0.4 is 11.0 Å². The van der Waals surface area contributed by atoms with E-state index in [1.807, 2.05) is 18.7 Å². The van der Waals surface area contributed by atoms with Gasteiger partial charge in [-0.05, 0) is 125 Å². The number of nitrogens with one attached hydrogen (secondary N) is 2. The summed E-state index contributed by atoms with van der Waals surface area (Å²) in [5, 5.41) is 9.25. The van der Waals surface area contributed by atoms with E-state index in [1.54, 1.807) is 54.0 Å². The molecule has 3 aliphatic heterocycles. The fourth-order valence-electron chi connectivity index (χ4n) is 9.35. The van der Waals surface area contributed by atoms with Gasteiger partial charge in [-0.15, -0.1) is 24.8 Å². The van der Waals surface area contributed by atoms with Crippen molar-refractivity contribution in [3.8, 4) is 22.5 Å². The summed E-state index contributed by atoms with van der Waals surface area (Å²) in [5.74, 6) is -1.63. The zero-order valence-electron chi connectivity index (χ0n) is 42.2. The van der Waals surface area contributed by atoms with Gasteiger partial charge in [0.15, 0.2) is 35.5 Å². The highest BCUT2D eigenvalue weighted by Gasteiger charge is 2.54. The maximum absolute atomic E-state index is 14.0. The van der Waals surface area contributed by atoms with E-state index in [0.717, 1.165) is 25.9 Å². The summed E-state index contributed by atoms with van der Waals surface area (Å²) >= 11 is 0. The number of rotatable bonds is 18. The van der Waals surface area contributed by atoms with E-state index in [0.29, 0.717) is 72.8 Å². The molecule has 3 N–H and O–H groups in total. The predicted molar refractivity (Wildman–Crippen MR) is 277 cm³/mol. The first-order valence-corrected chi connectivity index (χ1v) is 27.7. The minimum absolute atomic E-state index is 0. The molecule has 2 aromatic heterocycles. The molecule has 1 unspecified atom stereocenters. The van der Waals surface area contributed by atoms with Crippen LogP contribution >= 0.6 is 24.8 Å². The molecule has 0 spiro atoms. The van der Waals surface area contributed by atoms with E-state index in [1.165, 1.54) is 36.7 Å². The molecule has 2 aromatic carbocycles. The number of sulfone groups is 2. The maximum atomic E-state index is 14.0. The van der Waals surface area contributed by atoms with Crippen LogP contribution in [0.2, 0.25) is 0 Å². The van der Waals surface area contributed by atoms with E-state index in [2.05, 4.69) is 20.3 Å². The number of alkyl halides is 6. The average molecular weight is 1160 g/mol. The lowest BCUT2D eigenvalue weighted by atomic mass is 9.95. The highest BCUT2D eigenvalue weighted by atomic mass is 35.5. The van der Waals surface area contributed by atoms with E-state index in [-0.39, 0.29) is 86.0 Å². The Bertz CT molecular complexity index is 2690. The van der Waals surface area contributed by atoms with Gasteiger partial charge in [-0.3, -0.25) is 24.8 Å². The summed E-state index contributed by atoms with van der Waals surface area (Å²) in [6.45, 7) is 7.72. The number of benzene rings is 2. The molecule has 3 fully saturated rings. The van der Waals surface area contributed by atoms with E-state index < -0.39 is 72.5 Å². The van der Waals surface area contributed by atoms with Crippen LogP contribution in [0.25, 0.3) is 22.5 Å². The summed E-state index contributed by atoms with van der Waals surface area (Å²) in [4.78, 5) is 44.2. The molecule has 5 heterocycles. The van der Waals surface area contributed by atoms with Crippen LogP contribution in [-0.4, -0.2) is 128 Å². The SMILES string of the molecule is CCN1CCC(C(=O)NO)(S(=O)(=O)c2ccc(-c3ccc(CCCC(F)(F)F)cn3)cc2)CC1.CCN1CCC(C(=O)NOC2CCCCO2)(S(=O)(=O)c2ccc(-c3ccc(CCCC(F)(F)F)cn3)cc2)CC1.Cl.Cl. The smallest absolute Gasteiger partial charge is 0.350 e. The molecule has 15 nitrogen and oxygen atoms in total. The minimum Gasteiger partial charge on any atom is -0.350 e. The Morgan fingerprint density at radius 1 is 0.658 bits per heavy atom. The topological polar surface area (TPSA) is 197 Å². The van der Waals surface area contributed by atoms with Gasteiger partial charge in [-0.2, -0.15) is 26.3 Å². The molecular weight excluding hydrogens is 1090 g/mol. The molecule has 25 heteroatoms. The van der Waals surface area contributed by atoms with Crippen LogP contribution in [0.1, 0.15) is 95.6 Å². The third-order valence-electron chi connectivity index (χ3n) is 14.0. The van der Waals surface area contributed by atoms with Gasteiger partial charge in [0.25, 0.3) is 11.8 Å². The molecule has 2 amide bonds. The molecule has 422 valence electrons. The summed E-state index contributed by atoms with van der Waals surface area (Å²) in [7, 11) is -8.21. The van der Waals surface area contributed by atoms with Crippen molar-refractivity contribution >= 4 is 56.3 Å². The number of hydrogen-bond acceptors (Lipinski definition) is 13. The number of aryl methyl sites for hydroxylation is 2. The number of piperidine rings is 2.